The Bertz CT molecular complexity index is 1010. The maximum Gasteiger partial charge on any atom is 0.261 e. The summed E-state index contributed by atoms with van der Waals surface area (Å²) in [5.41, 5.74) is 3.06. The molecule has 1 aromatic carbocycles. The Balaban J connectivity index is 2.32. The standard InChI is InChI=1S/C19H22N4O3/c1-22(2)9-12-6-17(26-5)13(7-16(12)25-4)15-10-23(3)19(24)14-8-20-11-21-18(14)15/h6-8,10-11H,9H2,1-5H3. The van der Waals surface area contributed by atoms with Gasteiger partial charge in [0.25, 0.3) is 5.56 Å². The Labute approximate surface area is 151 Å². The van der Waals surface area contributed by atoms with Crippen LogP contribution in [-0.2, 0) is 13.6 Å². The van der Waals surface area contributed by atoms with E-state index in [1.54, 1.807) is 27.5 Å². The van der Waals surface area contributed by atoms with Gasteiger partial charge in [-0.2, -0.15) is 0 Å². The lowest BCUT2D eigenvalue weighted by Crippen LogP contribution is -2.17. The molecule has 0 amide bonds. The van der Waals surface area contributed by atoms with E-state index < -0.39 is 0 Å². The maximum absolute atomic E-state index is 12.4. The number of nitrogens with zero attached hydrogens (tertiary/aromatic N) is 4. The smallest absolute Gasteiger partial charge is 0.261 e. The summed E-state index contributed by atoms with van der Waals surface area (Å²) in [5.74, 6) is 1.45. The maximum atomic E-state index is 12.4. The monoisotopic (exact) mass is 354 g/mol. The highest BCUT2D eigenvalue weighted by molar-refractivity contribution is 5.94. The van der Waals surface area contributed by atoms with E-state index in [0.717, 1.165) is 29.0 Å². The molecule has 0 atom stereocenters. The van der Waals surface area contributed by atoms with E-state index in [2.05, 4.69) is 14.9 Å². The lowest BCUT2D eigenvalue weighted by Gasteiger charge is -2.18. The number of pyridine rings is 1. The second-order valence-electron chi connectivity index (χ2n) is 6.35. The molecule has 0 radical (unpaired) electrons. The first-order chi connectivity index (χ1) is 12.5. The lowest BCUT2D eigenvalue weighted by molar-refractivity contribution is 0.367. The van der Waals surface area contributed by atoms with Crippen LogP contribution in [0.25, 0.3) is 22.0 Å². The first kappa shape index (κ1) is 17.9. The van der Waals surface area contributed by atoms with Gasteiger partial charge in [-0.15, -0.1) is 0 Å². The van der Waals surface area contributed by atoms with Crippen molar-refractivity contribution >= 4 is 10.9 Å². The third-order valence-electron chi connectivity index (χ3n) is 4.22. The molecule has 0 fully saturated rings. The van der Waals surface area contributed by atoms with E-state index in [1.807, 2.05) is 26.2 Å². The number of methoxy groups -OCH3 is 2. The van der Waals surface area contributed by atoms with E-state index in [0.29, 0.717) is 16.7 Å². The summed E-state index contributed by atoms with van der Waals surface area (Å²) in [4.78, 5) is 22.8. The van der Waals surface area contributed by atoms with Gasteiger partial charge in [0.05, 0.1) is 25.1 Å². The molecule has 3 aromatic rings. The summed E-state index contributed by atoms with van der Waals surface area (Å²) in [7, 11) is 8.98. The van der Waals surface area contributed by atoms with Gasteiger partial charge in [0.1, 0.15) is 17.8 Å². The SMILES string of the molecule is COc1cc(-c2cn(C)c(=O)c3cncnc23)c(OC)cc1CN(C)C. The minimum atomic E-state index is -0.139. The van der Waals surface area contributed by atoms with Crippen LogP contribution in [0.3, 0.4) is 0 Å². The average molecular weight is 354 g/mol. The van der Waals surface area contributed by atoms with Crippen LogP contribution >= 0.6 is 0 Å². The van der Waals surface area contributed by atoms with Crippen LogP contribution in [0, 0.1) is 0 Å². The highest BCUT2D eigenvalue weighted by Gasteiger charge is 2.18. The van der Waals surface area contributed by atoms with Gasteiger partial charge >= 0.3 is 0 Å². The van der Waals surface area contributed by atoms with E-state index in [1.165, 1.54) is 17.1 Å². The average Bonchev–Trinajstić information content (AvgIpc) is 2.64. The van der Waals surface area contributed by atoms with Gasteiger partial charge in [-0.25, -0.2) is 9.97 Å². The molecule has 0 saturated heterocycles. The molecule has 0 saturated carbocycles. The number of fused-ring (bicyclic) bond motifs is 1. The molecule has 0 aliphatic carbocycles. The molecule has 0 spiro atoms. The molecule has 2 aromatic heterocycles. The molecule has 3 rings (SSSR count). The first-order valence-electron chi connectivity index (χ1n) is 8.15. The number of hydrogen-bond donors (Lipinski definition) is 0. The van der Waals surface area contributed by atoms with Gasteiger partial charge in [0.15, 0.2) is 0 Å². The first-order valence-corrected chi connectivity index (χ1v) is 8.15. The summed E-state index contributed by atoms with van der Waals surface area (Å²) < 4.78 is 12.8. The van der Waals surface area contributed by atoms with Crippen molar-refractivity contribution in [1.29, 1.82) is 0 Å². The molecule has 26 heavy (non-hydrogen) atoms. The zero-order valence-corrected chi connectivity index (χ0v) is 15.6. The van der Waals surface area contributed by atoms with Gasteiger partial charge in [-0.1, -0.05) is 0 Å². The number of aromatic nitrogens is 3. The van der Waals surface area contributed by atoms with Crippen molar-refractivity contribution in [1.82, 2.24) is 19.4 Å². The molecule has 7 nitrogen and oxygen atoms in total. The van der Waals surface area contributed by atoms with Crippen molar-refractivity contribution in [3.8, 4) is 22.6 Å². The molecule has 0 aliphatic heterocycles. The van der Waals surface area contributed by atoms with Crippen molar-refractivity contribution in [3.05, 3.63) is 46.8 Å². The zero-order chi connectivity index (χ0) is 18.8. The minimum absolute atomic E-state index is 0.139. The Morgan fingerprint density at radius 3 is 2.50 bits per heavy atom. The second-order valence-corrected chi connectivity index (χ2v) is 6.35. The molecule has 0 aliphatic rings. The van der Waals surface area contributed by atoms with Crippen LogP contribution in [-0.4, -0.2) is 47.7 Å². The third-order valence-corrected chi connectivity index (χ3v) is 4.22. The van der Waals surface area contributed by atoms with Crippen LogP contribution in [0.15, 0.2) is 35.6 Å². The lowest BCUT2D eigenvalue weighted by atomic mass is 10.0. The fraction of sp³-hybridized carbons (Fsp3) is 0.316. The van der Waals surface area contributed by atoms with Gasteiger partial charge in [0.2, 0.25) is 0 Å². The summed E-state index contributed by atoms with van der Waals surface area (Å²) in [6.45, 7) is 0.718. The molecule has 0 bridgehead atoms. The Morgan fingerprint density at radius 1 is 1.12 bits per heavy atom. The van der Waals surface area contributed by atoms with Crippen LogP contribution in [0.5, 0.6) is 11.5 Å². The summed E-state index contributed by atoms with van der Waals surface area (Å²) in [6.07, 6.45) is 4.74. The van der Waals surface area contributed by atoms with Crippen LogP contribution in [0.4, 0.5) is 0 Å². The number of hydrogen-bond acceptors (Lipinski definition) is 6. The molecule has 136 valence electrons. The minimum Gasteiger partial charge on any atom is -0.496 e. The van der Waals surface area contributed by atoms with Gasteiger partial charge in [-0.3, -0.25) is 4.79 Å². The van der Waals surface area contributed by atoms with E-state index in [9.17, 15) is 4.79 Å². The predicted octanol–water partition coefficient (Wildman–Crippen LogP) is 2.07. The van der Waals surface area contributed by atoms with E-state index in [4.69, 9.17) is 9.47 Å². The molecular weight excluding hydrogens is 332 g/mol. The fourth-order valence-corrected chi connectivity index (χ4v) is 3.04. The number of ether oxygens (including phenoxy) is 2. The largest absolute Gasteiger partial charge is 0.496 e. The van der Waals surface area contributed by atoms with Crippen molar-refractivity contribution in [2.24, 2.45) is 7.05 Å². The van der Waals surface area contributed by atoms with Crippen LogP contribution in [0.2, 0.25) is 0 Å². The van der Waals surface area contributed by atoms with Crippen molar-refractivity contribution in [2.45, 2.75) is 6.54 Å². The second kappa shape index (κ2) is 7.13. The normalized spacial score (nSPS) is 11.2. The highest BCUT2D eigenvalue weighted by Crippen LogP contribution is 2.38. The molecule has 7 heteroatoms. The van der Waals surface area contributed by atoms with E-state index >= 15 is 0 Å². The Kier molecular flexibility index (Phi) is 4.90. The summed E-state index contributed by atoms with van der Waals surface area (Å²) in [5, 5.41) is 0.464. The van der Waals surface area contributed by atoms with Crippen LogP contribution < -0.4 is 15.0 Å². The third kappa shape index (κ3) is 3.13. The molecular formula is C19H22N4O3. The highest BCUT2D eigenvalue weighted by atomic mass is 16.5. The Morgan fingerprint density at radius 2 is 1.85 bits per heavy atom. The zero-order valence-electron chi connectivity index (χ0n) is 15.6. The predicted molar refractivity (Wildman–Crippen MR) is 101 cm³/mol. The van der Waals surface area contributed by atoms with Crippen molar-refractivity contribution in [3.63, 3.8) is 0 Å². The molecule has 0 unspecified atom stereocenters. The number of rotatable bonds is 5. The quantitative estimate of drug-likeness (QED) is 0.699. The molecule has 2 heterocycles. The topological polar surface area (TPSA) is 69.5 Å². The van der Waals surface area contributed by atoms with Crippen molar-refractivity contribution < 1.29 is 9.47 Å². The van der Waals surface area contributed by atoms with Gasteiger partial charge < -0.3 is 18.9 Å². The van der Waals surface area contributed by atoms with Crippen molar-refractivity contribution in [2.75, 3.05) is 28.3 Å². The number of aryl methyl sites for hydroxylation is 1. The fourth-order valence-electron chi connectivity index (χ4n) is 3.04. The Hall–Kier alpha value is -2.93. The van der Waals surface area contributed by atoms with Crippen LogP contribution in [0.1, 0.15) is 5.56 Å². The van der Waals surface area contributed by atoms with E-state index in [-0.39, 0.29) is 5.56 Å². The summed E-state index contributed by atoms with van der Waals surface area (Å²) in [6, 6.07) is 3.89. The number of benzene rings is 1. The molecule has 0 N–H and O–H groups in total. The van der Waals surface area contributed by atoms with Gasteiger partial charge in [0, 0.05) is 42.7 Å². The summed E-state index contributed by atoms with van der Waals surface area (Å²) >= 11 is 0. The van der Waals surface area contributed by atoms with Gasteiger partial charge in [-0.05, 0) is 26.2 Å².